The lowest BCUT2D eigenvalue weighted by molar-refractivity contribution is 0.568. The van der Waals surface area contributed by atoms with Gasteiger partial charge in [-0.1, -0.05) is 36.4 Å². The highest BCUT2D eigenvalue weighted by molar-refractivity contribution is 5.64. The van der Waals surface area contributed by atoms with Gasteiger partial charge < -0.3 is 10.6 Å². The average Bonchev–Trinajstić information content (AvgIpc) is 2.84. The lowest BCUT2D eigenvalue weighted by Crippen LogP contribution is -2.15. The molecule has 5 nitrogen and oxygen atoms in total. The lowest BCUT2D eigenvalue weighted by atomic mass is 10.0. The van der Waals surface area contributed by atoms with Gasteiger partial charge in [-0.15, -0.1) is 0 Å². The van der Waals surface area contributed by atoms with E-state index in [1.54, 1.807) is 25.4 Å². The normalized spacial score (nSPS) is 12.0. The first-order valence-corrected chi connectivity index (χ1v) is 11.1. The molecule has 3 aromatic rings. The zero-order valence-electron chi connectivity index (χ0n) is 19.5. The molecule has 0 bridgehead atoms. The Hall–Kier alpha value is -3.71. The highest BCUT2D eigenvalue weighted by atomic mass is 19.1. The Kier molecular flexibility index (Phi) is 9.17. The predicted octanol–water partition coefficient (Wildman–Crippen LogP) is 5.16. The van der Waals surface area contributed by atoms with Crippen molar-refractivity contribution in [1.82, 2.24) is 15.6 Å². The largest absolute Gasteiger partial charge is 0.364 e. The number of likely N-dealkylation sites (N-methyl/N-ethyl adjacent to an activating group) is 1. The fourth-order valence-corrected chi connectivity index (χ4v) is 3.59. The van der Waals surface area contributed by atoms with Gasteiger partial charge in [-0.2, -0.15) is 0 Å². The second kappa shape index (κ2) is 12.5. The van der Waals surface area contributed by atoms with Gasteiger partial charge in [0.05, 0.1) is 0 Å². The van der Waals surface area contributed by atoms with Crippen molar-refractivity contribution in [3.8, 4) is 11.1 Å². The Morgan fingerprint density at radius 2 is 1.91 bits per heavy atom. The van der Waals surface area contributed by atoms with Crippen LogP contribution in [0.15, 0.2) is 82.4 Å². The van der Waals surface area contributed by atoms with Crippen molar-refractivity contribution in [2.24, 2.45) is 9.98 Å². The van der Waals surface area contributed by atoms with Crippen molar-refractivity contribution >= 4 is 13.1 Å². The maximum absolute atomic E-state index is 15.2. The average molecular weight is 462 g/mol. The van der Waals surface area contributed by atoms with Crippen molar-refractivity contribution in [2.45, 2.75) is 26.3 Å². The Bertz CT molecular complexity index is 1170. The molecule has 0 spiro atoms. The van der Waals surface area contributed by atoms with Crippen LogP contribution in [-0.4, -0.2) is 31.6 Å². The highest BCUT2D eigenvalue weighted by Crippen LogP contribution is 2.22. The van der Waals surface area contributed by atoms with Crippen LogP contribution in [0, 0.1) is 12.7 Å². The van der Waals surface area contributed by atoms with E-state index in [0.717, 1.165) is 22.4 Å². The molecule has 0 saturated heterocycles. The van der Waals surface area contributed by atoms with Crippen LogP contribution in [0.5, 0.6) is 0 Å². The van der Waals surface area contributed by atoms with Gasteiger partial charge in [0.1, 0.15) is 18.0 Å². The van der Waals surface area contributed by atoms with E-state index in [2.05, 4.69) is 32.3 Å². The molecule has 0 amide bonds. The molecule has 0 fully saturated rings. The lowest BCUT2D eigenvalue weighted by Gasteiger charge is -2.12. The van der Waals surface area contributed by atoms with Crippen LogP contribution >= 0.6 is 0 Å². The molecule has 1 heterocycles. The molecule has 0 unspecified atom stereocenters. The van der Waals surface area contributed by atoms with E-state index < -0.39 is 5.83 Å². The zero-order chi connectivity index (χ0) is 24.3. The quantitative estimate of drug-likeness (QED) is 0.306. The van der Waals surface area contributed by atoms with Crippen LogP contribution in [0.25, 0.3) is 11.1 Å². The molecule has 0 radical (unpaired) electrons. The van der Waals surface area contributed by atoms with Crippen molar-refractivity contribution in [1.29, 1.82) is 0 Å². The number of halogens is 2. The summed E-state index contributed by atoms with van der Waals surface area (Å²) in [6, 6.07) is 16.7. The molecule has 1 aromatic heterocycles. The minimum atomic E-state index is -0.500. The second-order valence-electron chi connectivity index (χ2n) is 7.82. The van der Waals surface area contributed by atoms with E-state index in [-0.39, 0.29) is 18.1 Å². The summed E-state index contributed by atoms with van der Waals surface area (Å²) in [4.78, 5) is 11.9. The van der Waals surface area contributed by atoms with Crippen LogP contribution < -0.4 is 10.6 Å². The number of allylic oxidation sites excluding steroid dienone is 1. The predicted molar refractivity (Wildman–Crippen MR) is 135 cm³/mol. The summed E-state index contributed by atoms with van der Waals surface area (Å²) in [7, 11) is 1.80. The summed E-state index contributed by atoms with van der Waals surface area (Å²) < 4.78 is 29.6. The van der Waals surface area contributed by atoms with Gasteiger partial charge >= 0.3 is 0 Å². The summed E-state index contributed by atoms with van der Waals surface area (Å²) in [5.74, 6) is -0.791. The first-order chi connectivity index (χ1) is 16.5. The monoisotopic (exact) mass is 461 g/mol. The number of aliphatic imine (C=N–C) groups is 2. The highest BCUT2D eigenvalue weighted by Gasteiger charge is 2.13. The molecule has 7 heteroatoms. The molecule has 0 aliphatic carbocycles. The standard InChI is InChI=1S/C27H29F2N5/c1-19-15-22(11-14-32-19)21-9-7-20(8-10-21)17-33-27(34-18-31-3)26(29)16-23-5-4-6-25(28)24(23)12-13-30-2/h4-11,14-15,18,30,33H,3,12-13,16-17H2,1-2H3/b27-26+,34-18-. The van der Waals surface area contributed by atoms with Crippen LogP contribution in [-0.2, 0) is 19.4 Å². The third kappa shape index (κ3) is 6.89. The number of aromatic nitrogens is 1. The summed E-state index contributed by atoms with van der Waals surface area (Å²) in [5.41, 5.74) is 5.16. The number of aryl methyl sites for hydroxylation is 1. The number of nitrogens with one attached hydrogen (secondary N) is 2. The van der Waals surface area contributed by atoms with Gasteiger partial charge in [-0.05, 0) is 79.7 Å². The van der Waals surface area contributed by atoms with E-state index in [4.69, 9.17) is 0 Å². The fraction of sp³-hybridized carbons (Fsp3) is 0.222. The maximum Gasteiger partial charge on any atom is 0.160 e. The number of nitrogens with zero attached hydrogens (tertiary/aromatic N) is 3. The first-order valence-electron chi connectivity index (χ1n) is 11.1. The van der Waals surface area contributed by atoms with Crippen LogP contribution in [0.4, 0.5) is 8.78 Å². The molecular formula is C27H29F2N5. The number of pyridine rings is 1. The number of rotatable bonds is 11. The molecule has 0 aliphatic heterocycles. The Balaban J connectivity index is 1.76. The topological polar surface area (TPSA) is 61.7 Å². The first kappa shape index (κ1) is 24.9. The molecular weight excluding hydrogens is 432 g/mol. The minimum absolute atomic E-state index is 0.0464. The zero-order valence-corrected chi connectivity index (χ0v) is 19.5. The molecule has 0 aliphatic rings. The van der Waals surface area contributed by atoms with E-state index in [1.807, 2.05) is 43.3 Å². The van der Waals surface area contributed by atoms with Crippen LogP contribution in [0.3, 0.4) is 0 Å². The number of hydrogen-bond acceptors (Lipinski definition) is 4. The van der Waals surface area contributed by atoms with Crippen LogP contribution in [0.1, 0.15) is 22.4 Å². The van der Waals surface area contributed by atoms with Crippen molar-refractivity contribution in [3.63, 3.8) is 0 Å². The van der Waals surface area contributed by atoms with Gasteiger partial charge in [0, 0.05) is 24.9 Å². The van der Waals surface area contributed by atoms with Crippen molar-refractivity contribution < 1.29 is 8.78 Å². The summed E-state index contributed by atoms with van der Waals surface area (Å²) in [6.45, 7) is 6.28. The van der Waals surface area contributed by atoms with Gasteiger partial charge in [0.25, 0.3) is 0 Å². The third-order valence-electron chi connectivity index (χ3n) is 5.36. The molecule has 2 N–H and O–H groups in total. The van der Waals surface area contributed by atoms with Crippen molar-refractivity contribution in [2.75, 3.05) is 13.6 Å². The molecule has 176 valence electrons. The summed E-state index contributed by atoms with van der Waals surface area (Å²) in [6.07, 6.45) is 3.36. The van der Waals surface area contributed by atoms with E-state index in [0.29, 0.717) is 30.6 Å². The molecule has 34 heavy (non-hydrogen) atoms. The number of benzene rings is 2. The van der Waals surface area contributed by atoms with Crippen LogP contribution in [0.2, 0.25) is 0 Å². The summed E-state index contributed by atoms with van der Waals surface area (Å²) in [5, 5.41) is 6.04. The van der Waals surface area contributed by atoms with Gasteiger partial charge in [-0.3, -0.25) is 9.98 Å². The smallest absolute Gasteiger partial charge is 0.160 e. The van der Waals surface area contributed by atoms with Gasteiger partial charge in [0.15, 0.2) is 5.82 Å². The Morgan fingerprint density at radius 1 is 1.12 bits per heavy atom. The van der Waals surface area contributed by atoms with Gasteiger partial charge in [0.2, 0.25) is 0 Å². The fourth-order valence-electron chi connectivity index (χ4n) is 3.59. The second-order valence-corrected chi connectivity index (χ2v) is 7.82. The maximum atomic E-state index is 15.2. The SMILES string of the molecule is C=N/C=N\C(NCc1ccc(-c2ccnc(C)c2)cc1)=C(\F)Cc1cccc(F)c1CCNC. The molecule has 0 atom stereocenters. The van der Waals surface area contributed by atoms with Crippen molar-refractivity contribution in [3.05, 3.63) is 101 Å². The summed E-state index contributed by atoms with van der Waals surface area (Å²) >= 11 is 0. The minimum Gasteiger partial charge on any atom is -0.364 e. The molecule has 0 saturated carbocycles. The molecule has 3 rings (SSSR count). The van der Waals surface area contributed by atoms with E-state index >= 15 is 4.39 Å². The number of hydrogen-bond donors (Lipinski definition) is 2. The van der Waals surface area contributed by atoms with Gasteiger partial charge in [-0.25, -0.2) is 13.8 Å². The van der Waals surface area contributed by atoms with E-state index in [1.165, 1.54) is 12.4 Å². The van der Waals surface area contributed by atoms with E-state index in [9.17, 15) is 4.39 Å². The molecule has 2 aromatic carbocycles. The Morgan fingerprint density at radius 3 is 2.62 bits per heavy atom. The Labute approximate surface area is 199 Å². The third-order valence-corrected chi connectivity index (χ3v) is 5.36.